The number of halogens is 1. The molecule has 0 bridgehead atoms. The minimum atomic E-state index is -0.511. The number of ether oxygens (including phenoxy) is 1. The van der Waals surface area contributed by atoms with Gasteiger partial charge in [-0.25, -0.2) is 0 Å². The largest absolute Gasteiger partial charge is 0.480 e. The summed E-state index contributed by atoms with van der Waals surface area (Å²) in [7, 11) is 0. The molecule has 22 heavy (non-hydrogen) atoms. The number of carbonyl (C=O) groups excluding carboxylic acids is 1. The van der Waals surface area contributed by atoms with Crippen LogP contribution in [0.4, 0.5) is 0 Å². The zero-order valence-electron chi connectivity index (χ0n) is 12.8. The van der Waals surface area contributed by atoms with Gasteiger partial charge in [-0.3, -0.25) is 4.79 Å². The van der Waals surface area contributed by atoms with E-state index in [4.69, 9.17) is 16.3 Å². The van der Waals surface area contributed by atoms with E-state index in [1.165, 1.54) is 0 Å². The van der Waals surface area contributed by atoms with Crippen LogP contribution in [0, 0.1) is 6.92 Å². The number of para-hydroxylation sites is 1. The van der Waals surface area contributed by atoms with Crippen molar-refractivity contribution in [2.75, 3.05) is 0 Å². The summed E-state index contributed by atoms with van der Waals surface area (Å²) in [6.45, 7) is 4.29. The normalized spacial score (nSPS) is 11.8. The maximum atomic E-state index is 12.3. The third-order valence-electron chi connectivity index (χ3n) is 3.44. The van der Waals surface area contributed by atoms with Crippen molar-refractivity contribution in [1.82, 2.24) is 5.32 Å². The Morgan fingerprint density at radius 1 is 1.18 bits per heavy atom. The van der Waals surface area contributed by atoms with Gasteiger partial charge < -0.3 is 10.1 Å². The Balaban J connectivity index is 1.98. The van der Waals surface area contributed by atoms with E-state index in [0.717, 1.165) is 16.9 Å². The quantitative estimate of drug-likeness (QED) is 0.870. The van der Waals surface area contributed by atoms with Gasteiger partial charge in [-0.1, -0.05) is 54.9 Å². The standard InChI is InChI=1S/C18H20ClNO2/c1-3-16(22-17-11-7-4-8-13(17)2)18(21)20-12-14-9-5-6-10-15(14)19/h4-11,16H,3,12H2,1-2H3,(H,20,21)/t16-/m0/s1. The van der Waals surface area contributed by atoms with Gasteiger partial charge in [-0.2, -0.15) is 0 Å². The van der Waals surface area contributed by atoms with E-state index in [0.29, 0.717) is 18.0 Å². The number of amides is 1. The van der Waals surface area contributed by atoms with Gasteiger partial charge in [0.15, 0.2) is 6.10 Å². The van der Waals surface area contributed by atoms with Gasteiger partial charge in [0.1, 0.15) is 5.75 Å². The molecular weight excluding hydrogens is 298 g/mol. The van der Waals surface area contributed by atoms with E-state index in [9.17, 15) is 4.79 Å². The van der Waals surface area contributed by atoms with Crippen LogP contribution >= 0.6 is 11.6 Å². The Labute approximate surface area is 136 Å². The topological polar surface area (TPSA) is 38.3 Å². The molecule has 2 aromatic rings. The molecule has 2 aromatic carbocycles. The number of carbonyl (C=O) groups is 1. The summed E-state index contributed by atoms with van der Waals surface area (Å²) in [6, 6.07) is 15.1. The molecule has 4 heteroatoms. The van der Waals surface area contributed by atoms with Gasteiger partial charge in [0, 0.05) is 11.6 Å². The van der Waals surface area contributed by atoms with Crippen molar-refractivity contribution in [2.24, 2.45) is 0 Å². The predicted octanol–water partition coefficient (Wildman–Crippen LogP) is 4.12. The molecule has 0 saturated carbocycles. The first-order valence-electron chi connectivity index (χ1n) is 7.35. The second kappa shape index (κ2) is 7.85. The summed E-state index contributed by atoms with van der Waals surface area (Å²) in [5, 5.41) is 3.53. The van der Waals surface area contributed by atoms with E-state index >= 15 is 0 Å². The average molecular weight is 318 g/mol. The molecule has 0 aromatic heterocycles. The first-order chi connectivity index (χ1) is 10.6. The van der Waals surface area contributed by atoms with Crippen molar-refractivity contribution in [3.05, 3.63) is 64.7 Å². The van der Waals surface area contributed by atoms with Crippen LogP contribution in [0.5, 0.6) is 5.75 Å². The third-order valence-corrected chi connectivity index (χ3v) is 3.81. The maximum absolute atomic E-state index is 12.3. The SMILES string of the molecule is CC[C@H](Oc1ccccc1C)C(=O)NCc1ccccc1Cl. The highest BCUT2D eigenvalue weighted by atomic mass is 35.5. The summed E-state index contributed by atoms with van der Waals surface area (Å²) in [5.41, 5.74) is 1.91. The van der Waals surface area contributed by atoms with Crippen molar-refractivity contribution in [3.8, 4) is 5.75 Å². The zero-order valence-corrected chi connectivity index (χ0v) is 13.6. The lowest BCUT2D eigenvalue weighted by molar-refractivity contribution is -0.128. The van der Waals surface area contributed by atoms with Gasteiger partial charge in [0.2, 0.25) is 0 Å². The Morgan fingerprint density at radius 2 is 1.86 bits per heavy atom. The van der Waals surface area contributed by atoms with Crippen LogP contribution in [0.25, 0.3) is 0 Å². The van der Waals surface area contributed by atoms with Crippen LogP contribution < -0.4 is 10.1 Å². The van der Waals surface area contributed by atoms with Crippen LogP contribution in [-0.2, 0) is 11.3 Å². The van der Waals surface area contributed by atoms with Crippen LogP contribution in [0.2, 0.25) is 5.02 Å². The molecule has 0 heterocycles. The summed E-state index contributed by atoms with van der Waals surface area (Å²) in [4.78, 5) is 12.3. The van der Waals surface area contributed by atoms with E-state index in [-0.39, 0.29) is 5.91 Å². The van der Waals surface area contributed by atoms with Crippen LogP contribution in [0.1, 0.15) is 24.5 Å². The first kappa shape index (κ1) is 16.4. The highest BCUT2D eigenvalue weighted by molar-refractivity contribution is 6.31. The van der Waals surface area contributed by atoms with Crippen molar-refractivity contribution in [3.63, 3.8) is 0 Å². The molecule has 0 aliphatic heterocycles. The van der Waals surface area contributed by atoms with Gasteiger partial charge >= 0.3 is 0 Å². The van der Waals surface area contributed by atoms with E-state index in [2.05, 4.69) is 5.32 Å². The average Bonchev–Trinajstić information content (AvgIpc) is 2.53. The number of aryl methyl sites for hydroxylation is 1. The summed E-state index contributed by atoms with van der Waals surface area (Å²) in [5.74, 6) is 0.605. The molecule has 0 aliphatic carbocycles. The second-order valence-corrected chi connectivity index (χ2v) is 5.50. The van der Waals surface area contributed by atoms with Crippen LogP contribution in [0.3, 0.4) is 0 Å². The Kier molecular flexibility index (Phi) is 5.84. The fraction of sp³-hybridized carbons (Fsp3) is 0.278. The Bertz CT molecular complexity index is 642. The Morgan fingerprint density at radius 3 is 2.55 bits per heavy atom. The molecule has 0 spiro atoms. The fourth-order valence-electron chi connectivity index (χ4n) is 2.10. The highest BCUT2D eigenvalue weighted by Crippen LogP contribution is 2.19. The van der Waals surface area contributed by atoms with Gasteiger partial charge in [0.25, 0.3) is 5.91 Å². The number of benzene rings is 2. The second-order valence-electron chi connectivity index (χ2n) is 5.09. The molecule has 2 rings (SSSR count). The number of rotatable bonds is 6. The lowest BCUT2D eigenvalue weighted by atomic mass is 10.2. The van der Waals surface area contributed by atoms with Crippen LogP contribution in [0.15, 0.2) is 48.5 Å². The van der Waals surface area contributed by atoms with E-state index in [1.54, 1.807) is 0 Å². The molecular formula is C18H20ClNO2. The van der Waals surface area contributed by atoms with Gasteiger partial charge in [-0.05, 0) is 36.6 Å². The fourth-order valence-corrected chi connectivity index (χ4v) is 2.30. The predicted molar refractivity (Wildman–Crippen MR) is 89.2 cm³/mol. The smallest absolute Gasteiger partial charge is 0.261 e. The summed E-state index contributed by atoms with van der Waals surface area (Å²) >= 11 is 6.09. The minimum Gasteiger partial charge on any atom is -0.480 e. The van der Waals surface area contributed by atoms with E-state index < -0.39 is 6.10 Å². The van der Waals surface area contributed by atoms with Crippen molar-refractivity contribution < 1.29 is 9.53 Å². The first-order valence-corrected chi connectivity index (χ1v) is 7.73. The number of nitrogens with one attached hydrogen (secondary N) is 1. The molecule has 0 saturated heterocycles. The van der Waals surface area contributed by atoms with Gasteiger partial charge in [-0.15, -0.1) is 0 Å². The zero-order chi connectivity index (χ0) is 15.9. The maximum Gasteiger partial charge on any atom is 0.261 e. The molecule has 0 fully saturated rings. The number of hydrogen-bond donors (Lipinski definition) is 1. The molecule has 116 valence electrons. The molecule has 1 N–H and O–H groups in total. The lowest BCUT2D eigenvalue weighted by Gasteiger charge is -2.18. The monoisotopic (exact) mass is 317 g/mol. The van der Waals surface area contributed by atoms with E-state index in [1.807, 2.05) is 62.4 Å². The van der Waals surface area contributed by atoms with Crippen molar-refractivity contribution in [2.45, 2.75) is 32.9 Å². The van der Waals surface area contributed by atoms with Crippen LogP contribution in [-0.4, -0.2) is 12.0 Å². The van der Waals surface area contributed by atoms with Crippen molar-refractivity contribution in [1.29, 1.82) is 0 Å². The molecule has 3 nitrogen and oxygen atoms in total. The Hall–Kier alpha value is -2.00. The minimum absolute atomic E-state index is 0.134. The molecule has 0 radical (unpaired) electrons. The lowest BCUT2D eigenvalue weighted by Crippen LogP contribution is -2.37. The summed E-state index contributed by atoms with van der Waals surface area (Å²) in [6.07, 6.45) is 0.0893. The van der Waals surface area contributed by atoms with Gasteiger partial charge in [0.05, 0.1) is 0 Å². The number of hydrogen-bond acceptors (Lipinski definition) is 2. The molecule has 1 amide bonds. The van der Waals surface area contributed by atoms with Crippen molar-refractivity contribution >= 4 is 17.5 Å². The molecule has 0 aliphatic rings. The molecule has 1 atom stereocenters. The third kappa shape index (κ3) is 4.25. The molecule has 0 unspecified atom stereocenters. The summed E-state index contributed by atoms with van der Waals surface area (Å²) < 4.78 is 5.83. The highest BCUT2D eigenvalue weighted by Gasteiger charge is 2.18.